The Balaban J connectivity index is 2.15. The highest BCUT2D eigenvalue weighted by molar-refractivity contribution is 7.13. The van der Waals surface area contributed by atoms with Gasteiger partial charge in [0.25, 0.3) is 11.8 Å². The number of thiazole rings is 1. The van der Waals surface area contributed by atoms with Gasteiger partial charge in [-0.2, -0.15) is 0 Å². The summed E-state index contributed by atoms with van der Waals surface area (Å²) in [5.74, 6) is -1.06. The molecule has 2 heterocycles. The Labute approximate surface area is 106 Å². The molecule has 96 valence electrons. The lowest BCUT2D eigenvalue weighted by molar-refractivity contribution is -0.129. The number of aromatic nitrogens is 1. The predicted molar refractivity (Wildman–Crippen MR) is 64.8 cm³/mol. The number of nitrogens with zero attached hydrogens (tertiary/aromatic N) is 2. The zero-order valence-corrected chi connectivity index (χ0v) is 10.1. The Morgan fingerprint density at radius 2 is 2.44 bits per heavy atom. The van der Waals surface area contributed by atoms with E-state index in [-0.39, 0.29) is 22.4 Å². The Bertz CT molecular complexity index is 512. The number of amides is 2. The van der Waals surface area contributed by atoms with Crippen molar-refractivity contribution in [3.8, 4) is 0 Å². The zero-order valence-electron chi connectivity index (χ0n) is 9.25. The highest BCUT2D eigenvalue weighted by atomic mass is 32.1. The monoisotopic (exact) mass is 269 g/mol. The van der Waals surface area contributed by atoms with Gasteiger partial charge >= 0.3 is 0 Å². The number of hydrogen-bond acceptors (Lipinski definition) is 7. The summed E-state index contributed by atoms with van der Waals surface area (Å²) in [7, 11) is 0. The minimum Gasteiger partial charge on any atom is -0.382 e. The van der Waals surface area contributed by atoms with Crippen molar-refractivity contribution in [3.05, 3.63) is 11.1 Å². The van der Waals surface area contributed by atoms with Gasteiger partial charge in [-0.25, -0.2) is 4.98 Å². The molecular formula is C9H11N5O3S. The van der Waals surface area contributed by atoms with Crippen LogP contribution >= 0.6 is 11.3 Å². The number of nitrogen functional groups attached to an aromatic ring is 1. The van der Waals surface area contributed by atoms with Gasteiger partial charge in [0.2, 0.25) is 6.10 Å². The summed E-state index contributed by atoms with van der Waals surface area (Å²) in [5.41, 5.74) is 10.7. The molecular weight excluding hydrogens is 258 g/mol. The molecule has 1 aromatic heterocycles. The van der Waals surface area contributed by atoms with Gasteiger partial charge in [0.1, 0.15) is 5.69 Å². The number of carbonyl (C=O) groups is 2. The Morgan fingerprint density at radius 1 is 1.67 bits per heavy atom. The number of primary amides is 1. The fourth-order valence-electron chi connectivity index (χ4n) is 1.40. The number of anilines is 1. The van der Waals surface area contributed by atoms with Crippen molar-refractivity contribution in [1.29, 1.82) is 0 Å². The van der Waals surface area contributed by atoms with Crippen LogP contribution in [0.5, 0.6) is 0 Å². The van der Waals surface area contributed by atoms with Crippen LogP contribution in [0.2, 0.25) is 0 Å². The van der Waals surface area contributed by atoms with E-state index in [1.54, 1.807) is 0 Å². The molecule has 8 nitrogen and oxygen atoms in total. The first-order chi connectivity index (χ1) is 8.58. The van der Waals surface area contributed by atoms with Crippen molar-refractivity contribution in [2.24, 2.45) is 10.9 Å². The van der Waals surface area contributed by atoms with E-state index in [0.717, 1.165) is 11.3 Å². The van der Waals surface area contributed by atoms with Crippen LogP contribution in [-0.2, 0) is 14.4 Å². The minimum absolute atomic E-state index is 0.150. The first kappa shape index (κ1) is 12.3. The van der Waals surface area contributed by atoms with Crippen molar-refractivity contribution in [2.75, 3.05) is 12.3 Å². The third kappa shape index (κ3) is 2.56. The van der Waals surface area contributed by atoms with Crippen LogP contribution in [0, 0.1) is 0 Å². The Kier molecular flexibility index (Phi) is 3.42. The van der Waals surface area contributed by atoms with E-state index in [4.69, 9.17) is 16.3 Å². The van der Waals surface area contributed by atoms with Gasteiger partial charge < -0.3 is 21.6 Å². The van der Waals surface area contributed by atoms with E-state index in [9.17, 15) is 9.59 Å². The molecule has 1 fully saturated rings. The second-order valence-electron chi connectivity index (χ2n) is 3.55. The van der Waals surface area contributed by atoms with Gasteiger partial charge in [0, 0.05) is 18.3 Å². The molecule has 0 radical (unpaired) electrons. The summed E-state index contributed by atoms with van der Waals surface area (Å²) in [6.07, 6.45) is -0.205. The Hall–Kier alpha value is -2.16. The average molecular weight is 269 g/mol. The number of nitrogens with two attached hydrogens (primary N) is 2. The molecule has 0 aromatic carbocycles. The van der Waals surface area contributed by atoms with E-state index >= 15 is 0 Å². The summed E-state index contributed by atoms with van der Waals surface area (Å²) in [5, 5.41) is 8.02. The quantitative estimate of drug-likeness (QED) is 0.467. The van der Waals surface area contributed by atoms with E-state index in [1.807, 2.05) is 0 Å². The lowest BCUT2D eigenvalue weighted by Crippen LogP contribution is -2.28. The molecule has 1 unspecified atom stereocenters. The van der Waals surface area contributed by atoms with Crippen LogP contribution in [0.4, 0.5) is 5.13 Å². The van der Waals surface area contributed by atoms with Crippen molar-refractivity contribution in [3.63, 3.8) is 0 Å². The second-order valence-corrected chi connectivity index (χ2v) is 4.44. The summed E-state index contributed by atoms with van der Waals surface area (Å²) in [6.45, 7) is 0.522. The number of nitrogens with one attached hydrogen (secondary N) is 1. The SMILES string of the molecule is NC(=O)C(=NOC1CCNC1=O)c1csc(N)n1. The van der Waals surface area contributed by atoms with Crippen LogP contribution in [-0.4, -0.2) is 35.2 Å². The van der Waals surface area contributed by atoms with Gasteiger partial charge in [-0.1, -0.05) is 5.16 Å². The van der Waals surface area contributed by atoms with Crippen molar-refractivity contribution in [1.82, 2.24) is 10.3 Å². The Morgan fingerprint density at radius 3 is 2.94 bits per heavy atom. The first-order valence-corrected chi connectivity index (χ1v) is 5.98. The lowest BCUT2D eigenvalue weighted by atomic mass is 10.3. The maximum absolute atomic E-state index is 11.2. The predicted octanol–water partition coefficient (Wildman–Crippen LogP) is -1.18. The minimum atomic E-state index is -0.793. The lowest BCUT2D eigenvalue weighted by Gasteiger charge is -2.05. The first-order valence-electron chi connectivity index (χ1n) is 5.10. The van der Waals surface area contributed by atoms with Crippen LogP contribution < -0.4 is 16.8 Å². The number of oxime groups is 1. The summed E-state index contributed by atoms with van der Waals surface area (Å²) < 4.78 is 0. The highest BCUT2D eigenvalue weighted by Crippen LogP contribution is 2.13. The molecule has 2 amide bonds. The summed E-state index contributed by atoms with van der Waals surface area (Å²) in [4.78, 5) is 31.4. The fraction of sp³-hybridized carbons (Fsp3) is 0.333. The second kappa shape index (κ2) is 5.00. The largest absolute Gasteiger partial charge is 0.382 e. The smallest absolute Gasteiger partial charge is 0.273 e. The van der Waals surface area contributed by atoms with Crippen LogP contribution in [0.15, 0.2) is 10.5 Å². The van der Waals surface area contributed by atoms with Crippen molar-refractivity contribution >= 4 is 34.0 Å². The molecule has 0 bridgehead atoms. The van der Waals surface area contributed by atoms with Crippen LogP contribution in [0.3, 0.4) is 0 Å². The standard InChI is InChI=1S/C9H11N5O3S/c10-7(15)6(4-3-18-9(11)13-4)14-17-5-1-2-12-8(5)16/h3,5H,1-2H2,(H2,10,15)(H2,11,13)(H,12,16). The van der Waals surface area contributed by atoms with Crippen LogP contribution in [0.1, 0.15) is 12.1 Å². The molecule has 0 aliphatic carbocycles. The molecule has 0 saturated carbocycles. The normalized spacial score (nSPS) is 19.7. The molecule has 1 aliphatic heterocycles. The summed E-state index contributed by atoms with van der Waals surface area (Å²) >= 11 is 1.15. The maximum atomic E-state index is 11.2. The number of hydrogen-bond donors (Lipinski definition) is 3. The van der Waals surface area contributed by atoms with Gasteiger partial charge in [-0.3, -0.25) is 9.59 Å². The third-order valence-electron chi connectivity index (χ3n) is 2.27. The van der Waals surface area contributed by atoms with E-state index in [0.29, 0.717) is 13.0 Å². The highest BCUT2D eigenvalue weighted by Gasteiger charge is 2.26. The molecule has 1 aromatic rings. The van der Waals surface area contributed by atoms with Crippen LogP contribution in [0.25, 0.3) is 0 Å². The average Bonchev–Trinajstić information content (AvgIpc) is 2.89. The van der Waals surface area contributed by atoms with E-state index in [1.165, 1.54) is 5.38 Å². The zero-order chi connectivity index (χ0) is 13.1. The topological polar surface area (TPSA) is 133 Å². The van der Waals surface area contributed by atoms with Gasteiger partial charge in [-0.05, 0) is 0 Å². The third-order valence-corrected chi connectivity index (χ3v) is 2.94. The van der Waals surface area contributed by atoms with Crippen molar-refractivity contribution in [2.45, 2.75) is 12.5 Å². The van der Waals surface area contributed by atoms with Gasteiger partial charge in [0.05, 0.1) is 0 Å². The van der Waals surface area contributed by atoms with E-state index < -0.39 is 12.0 Å². The molecule has 1 atom stereocenters. The molecule has 0 spiro atoms. The molecule has 1 saturated heterocycles. The fourth-order valence-corrected chi connectivity index (χ4v) is 1.95. The van der Waals surface area contributed by atoms with E-state index in [2.05, 4.69) is 15.5 Å². The van der Waals surface area contributed by atoms with Crippen molar-refractivity contribution < 1.29 is 14.4 Å². The van der Waals surface area contributed by atoms with Gasteiger partial charge in [0.15, 0.2) is 10.8 Å². The maximum Gasteiger partial charge on any atom is 0.273 e. The molecule has 2 rings (SSSR count). The van der Waals surface area contributed by atoms with Gasteiger partial charge in [-0.15, -0.1) is 11.3 Å². The molecule has 5 N–H and O–H groups in total. The molecule has 9 heteroatoms. The molecule has 1 aliphatic rings. The number of rotatable bonds is 4. The summed E-state index contributed by atoms with van der Waals surface area (Å²) in [6, 6.07) is 0. The number of carbonyl (C=O) groups excluding carboxylic acids is 2. The molecule has 18 heavy (non-hydrogen) atoms.